The highest BCUT2D eigenvalue weighted by Gasteiger charge is 2.24. The molecule has 19 heavy (non-hydrogen) atoms. The van der Waals surface area contributed by atoms with Crippen molar-refractivity contribution in [3.63, 3.8) is 0 Å². The van der Waals surface area contributed by atoms with Gasteiger partial charge in [0.05, 0.1) is 23.8 Å². The van der Waals surface area contributed by atoms with Gasteiger partial charge in [-0.15, -0.1) is 0 Å². The van der Waals surface area contributed by atoms with Crippen LogP contribution in [-0.4, -0.2) is 27.5 Å². The molecule has 0 saturated carbocycles. The van der Waals surface area contributed by atoms with Crippen molar-refractivity contribution in [1.29, 1.82) is 5.26 Å². The molecular weight excluding hydrogens is 292 g/mol. The van der Waals surface area contributed by atoms with Crippen molar-refractivity contribution in [1.82, 2.24) is 4.72 Å². The van der Waals surface area contributed by atoms with Crippen molar-refractivity contribution in [3.8, 4) is 6.07 Å². The van der Waals surface area contributed by atoms with Crippen LogP contribution in [0.1, 0.15) is 12.5 Å². The number of nitriles is 1. The Kier molecular flexibility index (Phi) is 4.89. The molecule has 102 valence electrons. The molecule has 0 bridgehead atoms. The molecule has 1 atom stereocenters. The molecule has 1 aromatic rings. The molecule has 0 aliphatic rings. The predicted octanol–water partition coefficient (Wildman–Crippen LogP) is 1.05. The maximum Gasteiger partial charge on any atom is 0.323 e. The van der Waals surface area contributed by atoms with Gasteiger partial charge in [0.1, 0.15) is 10.9 Å². The predicted molar refractivity (Wildman–Crippen MR) is 68.0 cm³/mol. The van der Waals surface area contributed by atoms with E-state index in [1.165, 1.54) is 25.1 Å². The van der Waals surface area contributed by atoms with E-state index in [0.29, 0.717) is 0 Å². The average molecular weight is 303 g/mol. The lowest BCUT2D eigenvalue weighted by Crippen LogP contribution is -2.39. The Morgan fingerprint density at radius 3 is 2.63 bits per heavy atom. The van der Waals surface area contributed by atoms with Crippen LogP contribution >= 0.6 is 11.6 Å². The molecular formula is C11H11ClN2O4S. The minimum Gasteiger partial charge on any atom is -0.468 e. The smallest absolute Gasteiger partial charge is 0.323 e. The first-order valence-corrected chi connectivity index (χ1v) is 6.97. The van der Waals surface area contributed by atoms with E-state index in [9.17, 15) is 13.2 Å². The van der Waals surface area contributed by atoms with Gasteiger partial charge in [-0.05, 0) is 25.1 Å². The normalized spacial score (nSPS) is 12.5. The summed E-state index contributed by atoms with van der Waals surface area (Å²) in [4.78, 5) is 11.0. The maximum absolute atomic E-state index is 12.0. The number of halogens is 1. The van der Waals surface area contributed by atoms with Crippen LogP contribution in [-0.2, 0) is 19.6 Å². The lowest BCUT2D eigenvalue weighted by molar-refractivity contribution is -0.142. The van der Waals surface area contributed by atoms with E-state index in [-0.39, 0.29) is 15.5 Å². The summed E-state index contributed by atoms with van der Waals surface area (Å²) in [5, 5.41) is 8.58. The number of ether oxygens (including phenoxy) is 1. The largest absolute Gasteiger partial charge is 0.468 e. The summed E-state index contributed by atoms with van der Waals surface area (Å²) in [6.45, 7) is 1.35. The van der Waals surface area contributed by atoms with Crippen LogP contribution in [0.2, 0.25) is 5.02 Å². The van der Waals surface area contributed by atoms with Gasteiger partial charge in [-0.2, -0.15) is 9.98 Å². The number of nitrogens with one attached hydrogen (secondary N) is 1. The molecule has 0 radical (unpaired) electrons. The maximum atomic E-state index is 12.0. The Morgan fingerprint density at radius 2 is 2.16 bits per heavy atom. The third kappa shape index (κ3) is 3.67. The van der Waals surface area contributed by atoms with Crippen LogP contribution in [0.15, 0.2) is 23.1 Å². The number of carbonyl (C=O) groups excluding carboxylic acids is 1. The summed E-state index contributed by atoms with van der Waals surface area (Å²) in [7, 11) is -2.81. The van der Waals surface area contributed by atoms with Gasteiger partial charge in [-0.3, -0.25) is 4.79 Å². The second-order valence-electron chi connectivity index (χ2n) is 3.62. The minimum atomic E-state index is -3.96. The Hall–Kier alpha value is -1.62. The van der Waals surface area contributed by atoms with Gasteiger partial charge in [-0.1, -0.05) is 11.6 Å². The monoisotopic (exact) mass is 302 g/mol. The molecule has 0 saturated heterocycles. The van der Waals surface area contributed by atoms with Crippen LogP contribution in [0.3, 0.4) is 0 Å². The van der Waals surface area contributed by atoms with E-state index in [2.05, 4.69) is 9.46 Å². The van der Waals surface area contributed by atoms with E-state index in [0.717, 1.165) is 7.11 Å². The van der Waals surface area contributed by atoms with Crippen molar-refractivity contribution < 1.29 is 17.9 Å². The van der Waals surface area contributed by atoms with Gasteiger partial charge in [0.15, 0.2) is 0 Å². The topological polar surface area (TPSA) is 96.3 Å². The molecule has 0 aliphatic carbocycles. The fraction of sp³-hybridized carbons (Fsp3) is 0.273. The Bertz CT molecular complexity index is 637. The summed E-state index contributed by atoms with van der Waals surface area (Å²) in [5.74, 6) is -0.714. The standard InChI is InChI=1S/C11H11ClN2O4S/c1-7(11(15)18-2)14-19(16,17)10-4-3-8(6-13)5-9(10)12/h3-5,7,14H,1-2H3. The van der Waals surface area contributed by atoms with Gasteiger partial charge in [0, 0.05) is 0 Å². The second kappa shape index (κ2) is 6.02. The first-order valence-electron chi connectivity index (χ1n) is 5.11. The van der Waals surface area contributed by atoms with Crippen LogP contribution < -0.4 is 4.72 Å². The van der Waals surface area contributed by atoms with Crippen molar-refractivity contribution in [2.45, 2.75) is 17.9 Å². The molecule has 0 fully saturated rings. The highest BCUT2D eigenvalue weighted by Crippen LogP contribution is 2.22. The summed E-state index contributed by atoms with van der Waals surface area (Å²) in [6.07, 6.45) is 0. The van der Waals surface area contributed by atoms with E-state index in [4.69, 9.17) is 16.9 Å². The van der Waals surface area contributed by atoms with E-state index < -0.39 is 22.0 Å². The molecule has 0 aliphatic heterocycles. The molecule has 1 rings (SSSR count). The quantitative estimate of drug-likeness (QED) is 0.839. The molecule has 0 heterocycles. The number of methoxy groups -OCH3 is 1. The van der Waals surface area contributed by atoms with Crippen LogP contribution in [0, 0.1) is 11.3 Å². The zero-order valence-electron chi connectivity index (χ0n) is 10.2. The zero-order valence-corrected chi connectivity index (χ0v) is 11.7. The summed E-state index contributed by atoms with van der Waals surface area (Å²) < 4.78 is 30.5. The lowest BCUT2D eigenvalue weighted by Gasteiger charge is -2.13. The number of sulfonamides is 1. The number of nitrogens with zero attached hydrogens (tertiary/aromatic N) is 1. The first kappa shape index (κ1) is 15.4. The zero-order chi connectivity index (χ0) is 14.6. The van der Waals surface area contributed by atoms with Gasteiger partial charge >= 0.3 is 5.97 Å². The van der Waals surface area contributed by atoms with Crippen LogP contribution in [0.4, 0.5) is 0 Å². The molecule has 1 aromatic carbocycles. The molecule has 6 nitrogen and oxygen atoms in total. The average Bonchev–Trinajstić information content (AvgIpc) is 2.36. The lowest BCUT2D eigenvalue weighted by atomic mass is 10.2. The molecule has 1 unspecified atom stereocenters. The van der Waals surface area contributed by atoms with Gasteiger partial charge in [-0.25, -0.2) is 8.42 Å². The Labute approximate surface area is 116 Å². The highest BCUT2D eigenvalue weighted by atomic mass is 35.5. The summed E-state index contributed by atoms with van der Waals surface area (Å²) in [6, 6.07) is 4.56. The van der Waals surface area contributed by atoms with E-state index in [1.807, 2.05) is 6.07 Å². The summed E-state index contributed by atoms with van der Waals surface area (Å²) >= 11 is 5.80. The number of carbonyl (C=O) groups is 1. The molecule has 0 aromatic heterocycles. The third-order valence-electron chi connectivity index (χ3n) is 2.24. The Morgan fingerprint density at radius 1 is 1.53 bits per heavy atom. The molecule has 1 N–H and O–H groups in total. The third-order valence-corrected chi connectivity index (χ3v) is 4.26. The minimum absolute atomic E-state index is 0.0939. The second-order valence-corrected chi connectivity index (χ2v) is 5.71. The van der Waals surface area contributed by atoms with Crippen LogP contribution in [0.25, 0.3) is 0 Å². The fourth-order valence-corrected chi connectivity index (χ4v) is 3.05. The SMILES string of the molecule is COC(=O)C(C)NS(=O)(=O)c1ccc(C#N)cc1Cl. The highest BCUT2D eigenvalue weighted by molar-refractivity contribution is 7.89. The van der Waals surface area contributed by atoms with Gasteiger partial charge in [0.25, 0.3) is 0 Å². The number of hydrogen-bond donors (Lipinski definition) is 1. The van der Waals surface area contributed by atoms with Crippen molar-refractivity contribution in [3.05, 3.63) is 28.8 Å². The first-order chi connectivity index (χ1) is 8.81. The van der Waals surface area contributed by atoms with E-state index >= 15 is 0 Å². The van der Waals surface area contributed by atoms with Crippen LogP contribution in [0.5, 0.6) is 0 Å². The fourth-order valence-electron chi connectivity index (χ4n) is 1.31. The van der Waals surface area contributed by atoms with Gasteiger partial charge < -0.3 is 4.74 Å². The molecule has 8 heteroatoms. The number of benzene rings is 1. The number of esters is 1. The molecule has 0 spiro atoms. The van der Waals surface area contributed by atoms with Crippen molar-refractivity contribution >= 4 is 27.6 Å². The number of rotatable bonds is 4. The Balaban J connectivity index is 3.08. The van der Waals surface area contributed by atoms with Crippen molar-refractivity contribution in [2.75, 3.05) is 7.11 Å². The number of hydrogen-bond acceptors (Lipinski definition) is 5. The van der Waals surface area contributed by atoms with E-state index in [1.54, 1.807) is 0 Å². The molecule has 0 amide bonds. The summed E-state index contributed by atoms with van der Waals surface area (Å²) in [5.41, 5.74) is 0.241. The van der Waals surface area contributed by atoms with Crippen molar-refractivity contribution in [2.24, 2.45) is 0 Å². The van der Waals surface area contributed by atoms with Gasteiger partial charge in [0.2, 0.25) is 10.0 Å².